The van der Waals surface area contributed by atoms with E-state index in [1.54, 1.807) is 12.4 Å². The Morgan fingerprint density at radius 1 is 0.279 bits per heavy atom. The van der Waals surface area contributed by atoms with Gasteiger partial charge in [0.2, 0.25) is 0 Å². The molecule has 0 aliphatic rings. The number of rotatable bonds is 8. The minimum absolute atomic E-state index is 0.889. The predicted octanol–water partition coefficient (Wildman–Crippen LogP) is 13.4. The highest BCUT2D eigenvalue weighted by Gasteiger charge is 2.16. The lowest BCUT2D eigenvalue weighted by Gasteiger charge is -2.14. The highest BCUT2D eigenvalue weighted by molar-refractivity contribution is 6.10. The van der Waals surface area contributed by atoms with Crippen LogP contribution in [0.4, 0.5) is 0 Å². The van der Waals surface area contributed by atoms with Gasteiger partial charge in [0.1, 0.15) is 0 Å². The molecule has 11 rings (SSSR count). The summed E-state index contributed by atoms with van der Waals surface area (Å²) in [5.41, 5.74) is 17.7. The first-order valence-corrected chi connectivity index (χ1v) is 20.3. The standard InChI is InChI=1S/C55H36N6/c1-2-16-47(17-3-1)61-54-23-22-39(33-48(54)49-36-58-27-24-55(49)61)46-31-44(37-10-4-12-40(28-37)50-18-6-20-52(59-50)42-14-8-25-56-34-42)30-45(32-46)38-11-5-13-41(29-38)51-19-7-21-53(60-51)43-15-9-26-57-35-43/h1-36H. The van der Waals surface area contributed by atoms with Crippen LogP contribution in [0.1, 0.15) is 0 Å². The zero-order valence-corrected chi connectivity index (χ0v) is 33.0. The second-order valence-electron chi connectivity index (χ2n) is 15.1. The fourth-order valence-electron chi connectivity index (χ4n) is 8.29. The third-order valence-corrected chi connectivity index (χ3v) is 11.2. The molecule has 61 heavy (non-hydrogen) atoms. The van der Waals surface area contributed by atoms with Gasteiger partial charge >= 0.3 is 0 Å². The summed E-state index contributed by atoms with van der Waals surface area (Å²) in [6.45, 7) is 0. The molecule has 6 heteroatoms. The second-order valence-corrected chi connectivity index (χ2v) is 15.1. The lowest BCUT2D eigenvalue weighted by molar-refractivity contribution is 1.17. The first kappa shape index (κ1) is 35.8. The Balaban J connectivity index is 1.06. The van der Waals surface area contributed by atoms with Crippen LogP contribution in [0.2, 0.25) is 0 Å². The third-order valence-electron chi connectivity index (χ3n) is 11.2. The second kappa shape index (κ2) is 15.4. The van der Waals surface area contributed by atoms with E-state index in [1.807, 2.05) is 61.2 Å². The SMILES string of the molecule is c1ccc(-n2c3ccncc3c3cc(-c4cc(-c5cccc(-c6cccc(-c7cccnc7)n6)c5)cc(-c5cccc(-c6cccc(-c7cccnc7)n6)c5)c4)ccc32)cc1. The van der Waals surface area contributed by atoms with Gasteiger partial charge in [-0.25, -0.2) is 9.97 Å². The normalized spacial score (nSPS) is 11.3. The van der Waals surface area contributed by atoms with Crippen LogP contribution in [0.3, 0.4) is 0 Å². The first-order valence-electron chi connectivity index (χ1n) is 20.3. The Hall–Kier alpha value is -8.35. The molecule has 0 bridgehead atoms. The number of aromatic nitrogens is 6. The van der Waals surface area contributed by atoms with Crippen molar-refractivity contribution in [1.82, 2.24) is 29.5 Å². The molecule has 286 valence electrons. The van der Waals surface area contributed by atoms with Crippen LogP contribution >= 0.6 is 0 Å². The van der Waals surface area contributed by atoms with E-state index in [1.165, 1.54) is 0 Å². The molecule has 0 unspecified atom stereocenters. The molecule has 0 radical (unpaired) electrons. The minimum Gasteiger partial charge on any atom is -0.309 e. The molecular formula is C55H36N6. The maximum Gasteiger partial charge on any atom is 0.0725 e. The molecule has 6 nitrogen and oxygen atoms in total. The van der Waals surface area contributed by atoms with Crippen molar-refractivity contribution in [3.63, 3.8) is 0 Å². The van der Waals surface area contributed by atoms with Crippen molar-refractivity contribution in [1.29, 1.82) is 0 Å². The van der Waals surface area contributed by atoms with Crippen molar-refractivity contribution < 1.29 is 0 Å². The summed E-state index contributed by atoms with van der Waals surface area (Å²) >= 11 is 0. The maximum atomic E-state index is 5.06. The molecule has 0 aliphatic carbocycles. The van der Waals surface area contributed by atoms with Crippen LogP contribution in [0.15, 0.2) is 219 Å². The molecular weight excluding hydrogens is 745 g/mol. The molecule has 0 fully saturated rings. The average molecular weight is 781 g/mol. The molecule has 0 amide bonds. The van der Waals surface area contributed by atoms with E-state index in [9.17, 15) is 0 Å². The molecule has 0 saturated heterocycles. The molecule has 6 aromatic heterocycles. The van der Waals surface area contributed by atoms with Gasteiger partial charge in [0, 0.05) is 75.9 Å². The zero-order chi connectivity index (χ0) is 40.5. The van der Waals surface area contributed by atoms with Crippen molar-refractivity contribution in [3.05, 3.63) is 219 Å². The van der Waals surface area contributed by atoms with Gasteiger partial charge in [0.05, 0.1) is 33.8 Å². The number of benzene rings is 5. The van der Waals surface area contributed by atoms with Crippen LogP contribution in [0.5, 0.6) is 0 Å². The van der Waals surface area contributed by atoms with E-state index in [4.69, 9.17) is 9.97 Å². The molecule has 0 spiro atoms. The number of para-hydroxylation sites is 1. The predicted molar refractivity (Wildman–Crippen MR) is 248 cm³/mol. The van der Waals surface area contributed by atoms with Crippen molar-refractivity contribution >= 4 is 21.8 Å². The fourth-order valence-corrected chi connectivity index (χ4v) is 8.29. The van der Waals surface area contributed by atoms with Gasteiger partial charge in [0.15, 0.2) is 0 Å². The number of nitrogens with zero attached hydrogens (tertiary/aromatic N) is 6. The summed E-state index contributed by atoms with van der Waals surface area (Å²) in [7, 11) is 0. The zero-order valence-electron chi connectivity index (χ0n) is 33.0. The summed E-state index contributed by atoms with van der Waals surface area (Å²) < 4.78 is 2.32. The summed E-state index contributed by atoms with van der Waals surface area (Å²) in [5, 5.41) is 2.27. The quantitative estimate of drug-likeness (QED) is 0.154. The number of pyridine rings is 5. The van der Waals surface area contributed by atoms with Crippen molar-refractivity contribution in [2.24, 2.45) is 0 Å². The van der Waals surface area contributed by atoms with Gasteiger partial charge in [-0.3, -0.25) is 15.0 Å². The van der Waals surface area contributed by atoms with Crippen molar-refractivity contribution in [2.45, 2.75) is 0 Å². The fraction of sp³-hybridized carbons (Fsp3) is 0. The lowest BCUT2D eigenvalue weighted by Crippen LogP contribution is -1.93. The molecule has 0 atom stereocenters. The van der Waals surface area contributed by atoms with Crippen LogP contribution in [0.25, 0.3) is 106 Å². The molecule has 0 aliphatic heterocycles. The number of hydrogen-bond donors (Lipinski definition) is 0. The van der Waals surface area contributed by atoms with Crippen LogP contribution in [0, 0.1) is 0 Å². The highest BCUT2D eigenvalue weighted by Crippen LogP contribution is 2.39. The van der Waals surface area contributed by atoms with Gasteiger partial charge in [0.25, 0.3) is 0 Å². The van der Waals surface area contributed by atoms with Gasteiger partial charge in [-0.05, 0) is 143 Å². The van der Waals surface area contributed by atoms with E-state index in [2.05, 4.69) is 165 Å². The Kier molecular flexibility index (Phi) is 9.06. The lowest BCUT2D eigenvalue weighted by atomic mass is 9.91. The Morgan fingerprint density at radius 3 is 1.30 bits per heavy atom. The Labute approximate surface area is 353 Å². The smallest absolute Gasteiger partial charge is 0.0725 e. The van der Waals surface area contributed by atoms with Gasteiger partial charge < -0.3 is 4.57 Å². The Morgan fingerprint density at radius 2 is 0.738 bits per heavy atom. The summed E-state index contributed by atoms with van der Waals surface area (Å²) in [5.74, 6) is 0. The van der Waals surface area contributed by atoms with Gasteiger partial charge in [-0.1, -0.05) is 72.8 Å². The van der Waals surface area contributed by atoms with Crippen LogP contribution < -0.4 is 0 Å². The third kappa shape index (κ3) is 6.92. The van der Waals surface area contributed by atoms with E-state index < -0.39 is 0 Å². The molecule has 0 saturated carbocycles. The van der Waals surface area contributed by atoms with Gasteiger partial charge in [-0.15, -0.1) is 0 Å². The van der Waals surface area contributed by atoms with Crippen molar-refractivity contribution in [2.75, 3.05) is 0 Å². The molecule has 5 aromatic carbocycles. The van der Waals surface area contributed by atoms with Crippen molar-refractivity contribution in [3.8, 4) is 84.1 Å². The monoisotopic (exact) mass is 780 g/mol. The van der Waals surface area contributed by atoms with E-state index in [-0.39, 0.29) is 0 Å². The largest absolute Gasteiger partial charge is 0.309 e. The van der Waals surface area contributed by atoms with E-state index in [0.29, 0.717) is 0 Å². The molecule has 6 heterocycles. The minimum atomic E-state index is 0.889. The summed E-state index contributed by atoms with van der Waals surface area (Å²) in [4.78, 5) is 23.3. The number of hydrogen-bond acceptors (Lipinski definition) is 5. The summed E-state index contributed by atoms with van der Waals surface area (Å²) in [6.07, 6.45) is 11.1. The van der Waals surface area contributed by atoms with Crippen LogP contribution in [-0.4, -0.2) is 29.5 Å². The number of fused-ring (bicyclic) bond motifs is 3. The maximum absolute atomic E-state index is 5.06. The summed E-state index contributed by atoms with van der Waals surface area (Å²) in [6, 6.07) is 64.0. The first-order chi connectivity index (χ1) is 30.2. The van der Waals surface area contributed by atoms with Crippen LogP contribution in [-0.2, 0) is 0 Å². The van der Waals surface area contributed by atoms with Gasteiger partial charge in [-0.2, -0.15) is 0 Å². The topological polar surface area (TPSA) is 69.4 Å². The highest BCUT2D eigenvalue weighted by atomic mass is 15.0. The van der Waals surface area contributed by atoms with E-state index in [0.717, 1.165) is 106 Å². The molecule has 11 aromatic rings. The Bertz CT molecular complexity index is 3220. The van der Waals surface area contributed by atoms with E-state index >= 15 is 0 Å². The molecule has 0 N–H and O–H groups in total. The average Bonchev–Trinajstić information content (AvgIpc) is 3.68.